The van der Waals surface area contributed by atoms with Crippen molar-refractivity contribution < 1.29 is 29.6 Å². The van der Waals surface area contributed by atoms with Crippen molar-refractivity contribution in [3.63, 3.8) is 0 Å². The van der Waals surface area contributed by atoms with Gasteiger partial charge >= 0.3 is 5.82 Å². The summed E-state index contributed by atoms with van der Waals surface area (Å²) in [6, 6.07) is 0. The molecule has 0 unspecified atom stereocenters. The number of hydrogen-bond donors (Lipinski definition) is 2. The molecule has 12 nitrogen and oxygen atoms in total. The first-order chi connectivity index (χ1) is 9.11. The Kier molecular flexibility index (Phi) is 4.00. The molecule has 0 radical (unpaired) electrons. The summed E-state index contributed by atoms with van der Waals surface area (Å²) in [4.78, 5) is 41.8. The van der Waals surface area contributed by atoms with E-state index in [0.29, 0.717) is 0 Å². The van der Waals surface area contributed by atoms with E-state index in [1.54, 1.807) is 0 Å². The molecule has 0 aliphatic carbocycles. The van der Waals surface area contributed by atoms with Crippen LogP contribution in [0.3, 0.4) is 0 Å². The van der Waals surface area contributed by atoms with Crippen molar-refractivity contribution in [1.29, 1.82) is 0 Å². The summed E-state index contributed by atoms with van der Waals surface area (Å²) in [6.07, 6.45) is -4.08. The zero-order valence-corrected chi connectivity index (χ0v) is 10.3. The molecule has 1 heterocycles. The van der Waals surface area contributed by atoms with E-state index in [9.17, 15) is 40.0 Å². The Bertz CT molecular complexity index is 485. The van der Waals surface area contributed by atoms with Crippen LogP contribution in [0.4, 0.5) is 0 Å². The lowest BCUT2D eigenvalue weighted by Gasteiger charge is -2.16. The van der Waals surface area contributed by atoms with E-state index < -0.39 is 45.8 Å². The molecule has 0 aromatic rings. The van der Waals surface area contributed by atoms with Crippen molar-refractivity contribution in [2.24, 2.45) is 0 Å². The van der Waals surface area contributed by atoms with Crippen molar-refractivity contribution in [2.45, 2.75) is 26.3 Å². The summed E-state index contributed by atoms with van der Waals surface area (Å²) in [7, 11) is 0. The molecule has 2 N–H and O–H groups in total. The minimum Gasteiger partial charge on any atom is -0.369 e. The van der Waals surface area contributed by atoms with Gasteiger partial charge in [-0.2, -0.15) is 0 Å². The molecule has 110 valence electrons. The lowest BCUT2D eigenvalue weighted by atomic mass is 10.4. The highest BCUT2D eigenvalue weighted by Crippen LogP contribution is 2.30. The Balaban J connectivity index is 3.67. The van der Waals surface area contributed by atoms with Gasteiger partial charge in [-0.1, -0.05) is 0 Å². The van der Waals surface area contributed by atoms with Crippen LogP contribution < -0.4 is 0 Å². The third-order valence-electron chi connectivity index (χ3n) is 2.48. The molecule has 1 rings (SSSR count). The SMILES string of the molecule is CC(=O)N1C(=C([N+](=O)[O-])[N+](=O)[O-])N(C(C)=O)[C@H](O)[C@H]1O. The molecule has 12 heteroatoms. The van der Waals surface area contributed by atoms with Gasteiger partial charge < -0.3 is 10.2 Å². The zero-order valence-electron chi connectivity index (χ0n) is 10.3. The Labute approximate surface area is 110 Å². The normalized spacial score (nSPS) is 21.9. The lowest BCUT2D eigenvalue weighted by Crippen LogP contribution is -2.39. The van der Waals surface area contributed by atoms with Crippen molar-refractivity contribution in [1.82, 2.24) is 9.80 Å². The molecular formula is C8H10N4O8. The number of aliphatic hydroxyl groups is 2. The summed E-state index contributed by atoms with van der Waals surface area (Å²) in [5.74, 6) is -4.82. The Morgan fingerprint density at radius 1 is 1.00 bits per heavy atom. The Morgan fingerprint density at radius 2 is 1.30 bits per heavy atom. The average molecular weight is 290 g/mol. The standard InChI is InChI=1S/C8H10N4O8/c1-3(13)9-5(6(11(17)18)12(19)20)10(4(2)14)8(16)7(9)15/h7-8,15-16H,1-2H3/t7-,8-/m1/s1. The van der Waals surface area contributed by atoms with Gasteiger partial charge in [0.2, 0.25) is 11.8 Å². The maximum Gasteiger partial charge on any atom is 0.600 e. The number of carbonyl (C=O) groups excluding carboxylic acids is 2. The van der Waals surface area contributed by atoms with Crippen molar-refractivity contribution in [3.05, 3.63) is 31.9 Å². The van der Waals surface area contributed by atoms with E-state index in [1.165, 1.54) is 0 Å². The van der Waals surface area contributed by atoms with Gasteiger partial charge in [0.05, 0.1) is 0 Å². The molecule has 2 atom stereocenters. The fourth-order valence-corrected chi connectivity index (χ4v) is 1.75. The third-order valence-corrected chi connectivity index (χ3v) is 2.48. The van der Waals surface area contributed by atoms with Gasteiger partial charge in [0, 0.05) is 13.8 Å². The number of rotatable bonds is 2. The summed E-state index contributed by atoms with van der Waals surface area (Å²) in [5.41, 5.74) is 0. The predicted octanol–water partition coefficient (Wildman–Crippen LogP) is -1.99. The first kappa shape index (κ1) is 15.5. The predicted molar refractivity (Wildman–Crippen MR) is 58.1 cm³/mol. The van der Waals surface area contributed by atoms with E-state index >= 15 is 0 Å². The van der Waals surface area contributed by atoms with Crippen LogP contribution in [-0.4, -0.2) is 54.1 Å². The van der Waals surface area contributed by atoms with Gasteiger partial charge in [-0.25, -0.2) is 0 Å². The summed E-state index contributed by atoms with van der Waals surface area (Å²) < 4.78 is 0. The fourth-order valence-electron chi connectivity index (χ4n) is 1.75. The van der Waals surface area contributed by atoms with E-state index in [4.69, 9.17) is 0 Å². The number of carbonyl (C=O) groups is 2. The fraction of sp³-hybridized carbons (Fsp3) is 0.500. The highest BCUT2D eigenvalue weighted by atomic mass is 16.7. The number of amides is 2. The van der Waals surface area contributed by atoms with Crippen LogP contribution in [0.25, 0.3) is 0 Å². The van der Waals surface area contributed by atoms with Gasteiger partial charge in [0.15, 0.2) is 12.5 Å². The quantitative estimate of drug-likeness (QED) is 0.435. The number of nitrogens with zero attached hydrogens (tertiary/aromatic N) is 4. The molecule has 1 saturated heterocycles. The van der Waals surface area contributed by atoms with Gasteiger partial charge in [-0.15, -0.1) is 0 Å². The first-order valence-electron chi connectivity index (χ1n) is 5.10. The minimum atomic E-state index is -2.04. The van der Waals surface area contributed by atoms with E-state index in [-0.39, 0.29) is 9.80 Å². The van der Waals surface area contributed by atoms with E-state index in [2.05, 4.69) is 0 Å². The second kappa shape index (κ2) is 5.18. The Morgan fingerprint density at radius 3 is 1.50 bits per heavy atom. The smallest absolute Gasteiger partial charge is 0.369 e. The molecule has 1 aliphatic heterocycles. The van der Waals surface area contributed by atoms with Gasteiger partial charge in [0.25, 0.3) is 5.82 Å². The van der Waals surface area contributed by atoms with Crippen molar-refractivity contribution in [2.75, 3.05) is 0 Å². The number of hydrogen-bond acceptors (Lipinski definition) is 8. The third kappa shape index (κ3) is 2.28. The molecule has 1 aliphatic rings. The van der Waals surface area contributed by atoms with Crippen molar-refractivity contribution >= 4 is 11.8 Å². The van der Waals surface area contributed by atoms with Crippen LogP contribution in [0.5, 0.6) is 0 Å². The maximum absolute atomic E-state index is 11.4. The van der Waals surface area contributed by atoms with Gasteiger partial charge in [0.1, 0.15) is 9.85 Å². The Hall–Kier alpha value is -2.60. The summed E-state index contributed by atoms with van der Waals surface area (Å²) in [6.45, 7) is 1.72. The molecule has 0 aromatic heterocycles. The van der Waals surface area contributed by atoms with Crippen LogP contribution in [-0.2, 0) is 9.59 Å². The summed E-state index contributed by atoms with van der Waals surface area (Å²) in [5, 5.41) is 40.7. The summed E-state index contributed by atoms with van der Waals surface area (Å²) >= 11 is 0. The number of aliphatic hydroxyl groups excluding tert-OH is 2. The molecule has 0 bridgehead atoms. The monoisotopic (exact) mass is 290 g/mol. The van der Waals surface area contributed by atoms with Crippen LogP contribution in [0, 0.1) is 20.2 Å². The molecular weight excluding hydrogens is 280 g/mol. The van der Waals surface area contributed by atoms with E-state index in [0.717, 1.165) is 13.8 Å². The number of nitro groups is 2. The van der Waals surface area contributed by atoms with E-state index in [1.807, 2.05) is 0 Å². The second-order valence-corrected chi connectivity index (χ2v) is 3.77. The highest BCUT2D eigenvalue weighted by molar-refractivity contribution is 5.81. The van der Waals surface area contributed by atoms with Crippen LogP contribution in [0.2, 0.25) is 0 Å². The zero-order chi connectivity index (χ0) is 15.8. The second-order valence-electron chi connectivity index (χ2n) is 3.77. The molecule has 0 spiro atoms. The molecule has 2 amide bonds. The molecule has 20 heavy (non-hydrogen) atoms. The van der Waals surface area contributed by atoms with Gasteiger partial charge in [-0.05, 0) is 0 Å². The van der Waals surface area contributed by atoms with Crippen LogP contribution in [0.1, 0.15) is 13.8 Å². The highest BCUT2D eigenvalue weighted by Gasteiger charge is 2.54. The van der Waals surface area contributed by atoms with Gasteiger partial charge in [-0.3, -0.25) is 39.6 Å². The van der Waals surface area contributed by atoms with Crippen LogP contribution in [0.15, 0.2) is 11.6 Å². The topological polar surface area (TPSA) is 167 Å². The van der Waals surface area contributed by atoms with Crippen molar-refractivity contribution in [3.8, 4) is 0 Å². The first-order valence-corrected chi connectivity index (χ1v) is 5.10. The molecule has 0 saturated carbocycles. The largest absolute Gasteiger partial charge is 0.600 e. The minimum absolute atomic E-state index is 0.215. The maximum atomic E-state index is 11.4. The average Bonchev–Trinajstić information content (AvgIpc) is 2.50. The molecule has 1 fully saturated rings. The lowest BCUT2D eigenvalue weighted by molar-refractivity contribution is -0.619. The van der Waals surface area contributed by atoms with Crippen LogP contribution >= 0.6 is 0 Å². The molecule has 0 aromatic carbocycles.